The first-order valence-corrected chi connectivity index (χ1v) is 13.2. The van der Waals surface area contributed by atoms with Gasteiger partial charge in [-0.15, -0.1) is 0 Å². The van der Waals surface area contributed by atoms with Gasteiger partial charge < -0.3 is 14.0 Å². The van der Waals surface area contributed by atoms with Gasteiger partial charge in [0, 0.05) is 12.0 Å². The van der Waals surface area contributed by atoms with Crippen molar-refractivity contribution in [3.8, 4) is 5.75 Å². The lowest BCUT2D eigenvalue weighted by molar-refractivity contribution is -0.113. The number of rotatable bonds is 6. The number of hydrogen-bond donors (Lipinski definition) is 0. The molecule has 1 unspecified atom stereocenters. The lowest BCUT2D eigenvalue weighted by Crippen LogP contribution is -2.51. The van der Waals surface area contributed by atoms with Crippen LogP contribution in [-0.2, 0) is 22.5 Å². The van der Waals surface area contributed by atoms with Crippen LogP contribution in [0.15, 0.2) is 18.2 Å². The van der Waals surface area contributed by atoms with E-state index in [1.165, 1.54) is 4.90 Å². The Bertz CT molecular complexity index is 745. The van der Waals surface area contributed by atoms with Crippen LogP contribution < -0.4 is 4.43 Å². The SMILES string of the molecule is CC(C)[Si](Oc1cccc2c1CN(C(=O)OC(C)(C)C)C(C=O)C2)(C(C)C)C(C)C. The van der Waals surface area contributed by atoms with Gasteiger partial charge in [0.1, 0.15) is 17.6 Å². The number of carbonyl (C=O) groups excluding carboxylic acids is 2. The fourth-order valence-electron chi connectivity index (χ4n) is 4.89. The summed E-state index contributed by atoms with van der Waals surface area (Å²) in [5.41, 5.74) is 2.80. The number of fused-ring (bicyclic) bond motifs is 1. The molecule has 0 aromatic heterocycles. The third kappa shape index (κ3) is 4.90. The van der Waals surface area contributed by atoms with E-state index in [2.05, 4.69) is 41.5 Å². The second kappa shape index (κ2) is 9.12. The molecule has 5 nitrogen and oxygen atoms in total. The van der Waals surface area contributed by atoms with Crippen molar-refractivity contribution >= 4 is 20.7 Å². The van der Waals surface area contributed by atoms with Gasteiger partial charge in [0.25, 0.3) is 8.32 Å². The van der Waals surface area contributed by atoms with Gasteiger partial charge >= 0.3 is 6.09 Å². The highest BCUT2D eigenvalue weighted by molar-refractivity contribution is 6.78. The van der Waals surface area contributed by atoms with E-state index in [-0.39, 0.29) is 0 Å². The second-order valence-corrected chi connectivity index (χ2v) is 15.7. The van der Waals surface area contributed by atoms with Crippen LogP contribution in [0, 0.1) is 0 Å². The molecule has 1 aliphatic rings. The standard InChI is InChI=1S/C24H39NO4Si/c1-16(2)30(17(3)4,18(5)6)29-22-12-10-11-19-13-20(15-26)25(14-21(19)22)23(27)28-24(7,8)9/h10-12,15-18,20H,13-14H2,1-9H3. The minimum atomic E-state index is -2.14. The quantitative estimate of drug-likeness (QED) is 0.402. The van der Waals surface area contributed by atoms with Crippen molar-refractivity contribution in [3.63, 3.8) is 0 Å². The van der Waals surface area contributed by atoms with E-state index < -0.39 is 26.1 Å². The summed E-state index contributed by atoms with van der Waals surface area (Å²) in [4.78, 5) is 26.1. The van der Waals surface area contributed by atoms with E-state index in [9.17, 15) is 9.59 Å². The van der Waals surface area contributed by atoms with Crippen molar-refractivity contribution in [3.05, 3.63) is 29.3 Å². The highest BCUT2D eigenvalue weighted by atomic mass is 28.4. The normalized spacial score (nSPS) is 17.3. The monoisotopic (exact) mass is 433 g/mol. The third-order valence-electron chi connectivity index (χ3n) is 6.17. The van der Waals surface area contributed by atoms with Crippen LogP contribution in [0.4, 0.5) is 4.79 Å². The van der Waals surface area contributed by atoms with Gasteiger partial charge in [-0.3, -0.25) is 4.90 Å². The van der Waals surface area contributed by atoms with Crippen molar-refractivity contribution in [2.24, 2.45) is 0 Å². The molecule has 30 heavy (non-hydrogen) atoms. The van der Waals surface area contributed by atoms with Gasteiger partial charge in [-0.25, -0.2) is 4.79 Å². The summed E-state index contributed by atoms with van der Waals surface area (Å²) in [6, 6.07) is 5.53. The molecule has 1 aromatic rings. The van der Waals surface area contributed by atoms with Crippen LogP contribution in [0.1, 0.15) is 73.4 Å². The molecule has 0 bridgehead atoms. The van der Waals surface area contributed by atoms with E-state index in [4.69, 9.17) is 9.16 Å². The molecule has 1 aliphatic heterocycles. The van der Waals surface area contributed by atoms with Crippen molar-refractivity contribution in [2.45, 2.75) is 104 Å². The molecule has 0 radical (unpaired) electrons. The molecular formula is C24H39NO4Si. The van der Waals surface area contributed by atoms with E-state index in [0.29, 0.717) is 29.6 Å². The van der Waals surface area contributed by atoms with Crippen LogP contribution in [0.3, 0.4) is 0 Å². The van der Waals surface area contributed by atoms with Crippen LogP contribution >= 0.6 is 0 Å². The molecule has 0 saturated heterocycles. The van der Waals surface area contributed by atoms with Crippen molar-refractivity contribution in [1.82, 2.24) is 4.90 Å². The first-order chi connectivity index (χ1) is 13.8. The van der Waals surface area contributed by atoms with Crippen LogP contribution in [0.5, 0.6) is 5.75 Å². The molecular weight excluding hydrogens is 394 g/mol. The molecule has 0 N–H and O–H groups in total. The van der Waals surface area contributed by atoms with Gasteiger partial charge in [-0.2, -0.15) is 0 Å². The zero-order valence-corrected chi connectivity index (χ0v) is 21.1. The fraction of sp³-hybridized carbons (Fsp3) is 0.667. The Morgan fingerprint density at radius 3 is 2.13 bits per heavy atom. The molecule has 0 aliphatic carbocycles. The van der Waals surface area contributed by atoms with Gasteiger partial charge in [0.05, 0.1) is 12.6 Å². The second-order valence-electron chi connectivity index (χ2n) is 10.3. The summed E-state index contributed by atoms with van der Waals surface area (Å²) in [5, 5.41) is 0. The largest absolute Gasteiger partial charge is 0.542 e. The maximum Gasteiger partial charge on any atom is 0.411 e. The molecule has 1 aromatic carbocycles. The van der Waals surface area contributed by atoms with Crippen molar-refractivity contribution in [1.29, 1.82) is 0 Å². The minimum absolute atomic E-state index is 0.322. The van der Waals surface area contributed by atoms with E-state index in [1.54, 1.807) is 0 Å². The predicted molar refractivity (Wildman–Crippen MR) is 123 cm³/mol. The Balaban J connectivity index is 2.47. The maximum absolute atomic E-state index is 12.8. The zero-order valence-electron chi connectivity index (χ0n) is 20.1. The Kier molecular flexibility index (Phi) is 7.44. The number of benzene rings is 1. The number of ether oxygens (including phenoxy) is 1. The van der Waals surface area contributed by atoms with E-state index in [1.807, 2.05) is 39.0 Å². The maximum atomic E-state index is 12.8. The van der Waals surface area contributed by atoms with E-state index >= 15 is 0 Å². The smallest absolute Gasteiger partial charge is 0.411 e. The number of aldehydes is 1. The highest BCUT2D eigenvalue weighted by Crippen LogP contribution is 2.44. The van der Waals surface area contributed by atoms with Gasteiger partial charge in [0.2, 0.25) is 0 Å². The molecule has 1 amide bonds. The minimum Gasteiger partial charge on any atom is -0.542 e. The van der Waals surface area contributed by atoms with Gasteiger partial charge in [-0.05, 0) is 49.0 Å². The van der Waals surface area contributed by atoms with Gasteiger partial charge in [0.15, 0.2) is 0 Å². The average Bonchev–Trinajstić information content (AvgIpc) is 2.62. The van der Waals surface area contributed by atoms with Gasteiger partial charge in [-0.1, -0.05) is 53.7 Å². The molecule has 0 spiro atoms. The molecule has 2 rings (SSSR count). The Labute approximate surface area is 183 Å². The van der Waals surface area contributed by atoms with Crippen LogP contribution in [0.2, 0.25) is 16.6 Å². The molecule has 0 saturated carbocycles. The molecule has 168 valence electrons. The number of nitrogens with zero attached hydrogens (tertiary/aromatic N) is 1. The first-order valence-electron chi connectivity index (χ1n) is 11.1. The summed E-state index contributed by atoms with van der Waals surface area (Å²) >= 11 is 0. The third-order valence-corrected chi connectivity index (χ3v) is 12.2. The summed E-state index contributed by atoms with van der Waals surface area (Å²) in [5.74, 6) is 0.855. The predicted octanol–water partition coefficient (Wildman–Crippen LogP) is 6.10. The number of amides is 1. The van der Waals surface area contributed by atoms with E-state index in [0.717, 1.165) is 23.2 Å². The topological polar surface area (TPSA) is 55.8 Å². The molecule has 6 heteroatoms. The Morgan fingerprint density at radius 1 is 1.10 bits per heavy atom. The Hall–Kier alpha value is -1.82. The molecule has 1 atom stereocenters. The molecule has 0 fully saturated rings. The summed E-state index contributed by atoms with van der Waals surface area (Å²) < 4.78 is 12.5. The summed E-state index contributed by atoms with van der Waals surface area (Å²) in [7, 11) is -2.14. The Morgan fingerprint density at radius 2 is 1.67 bits per heavy atom. The first kappa shape index (κ1) is 24.4. The van der Waals surface area contributed by atoms with Crippen molar-refractivity contribution in [2.75, 3.05) is 0 Å². The number of carbonyl (C=O) groups is 2. The molecule has 1 heterocycles. The lowest BCUT2D eigenvalue weighted by Gasteiger charge is -2.43. The average molecular weight is 434 g/mol. The van der Waals surface area contributed by atoms with Crippen molar-refractivity contribution < 1.29 is 18.8 Å². The fourth-order valence-corrected chi connectivity index (χ4v) is 10.2. The lowest BCUT2D eigenvalue weighted by atomic mass is 9.94. The van der Waals surface area contributed by atoms with Crippen LogP contribution in [0.25, 0.3) is 0 Å². The zero-order chi connectivity index (χ0) is 22.9. The van der Waals surface area contributed by atoms with Crippen LogP contribution in [-0.4, -0.2) is 37.2 Å². The number of hydrogen-bond acceptors (Lipinski definition) is 4. The summed E-state index contributed by atoms with van der Waals surface area (Å²) in [6.07, 6.45) is 0.866. The highest BCUT2D eigenvalue weighted by Gasteiger charge is 2.47. The summed E-state index contributed by atoms with van der Waals surface area (Å²) in [6.45, 7) is 19.4.